The van der Waals surface area contributed by atoms with E-state index in [-0.39, 0.29) is 12.1 Å². The first kappa shape index (κ1) is 17.6. The lowest BCUT2D eigenvalue weighted by molar-refractivity contribution is 0.228. The second-order valence-corrected chi connectivity index (χ2v) is 7.03. The highest BCUT2D eigenvalue weighted by Gasteiger charge is 2.25. The van der Waals surface area contributed by atoms with Crippen molar-refractivity contribution < 1.29 is 4.79 Å². The third-order valence-corrected chi connectivity index (χ3v) is 5.25. The molecule has 3 aromatic rings. The van der Waals surface area contributed by atoms with Gasteiger partial charge < -0.3 is 10.6 Å². The quantitative estimate of drug-likeness (QED) is 0.687. The number of benzene rings is 3. The van der Waals surface area contributed by atoms with E-state index in [1.165, 1.54) is 29.2 Å². The molecule has 2 N–H and O–H groups in total. The van der Waals surface area contributed by atoms with Gasteiger partial charge in [-0.2, -0.15) is 0 Å². The van der Waals surface area contributed by atoms with Gasteiger partial charge in [-0.3, -0.25) is 4.90 Å². The Hall–Kier alpha value is -2.85. The molecule has 1 fully saturated rings. The second kappa shape index (κ2) is 8.23. The summed E-state index contributed by atoms with van der Waals surface area (Å²) >= 11 is 0. The van der Waals surface area contributed by atoms with Crippen LogP contribution < -0.4 is 10.6 Å². The van der Waals surface area contributed by atoms with Crippen molar-refractivity contribution in [1.82, 2.24) is 10.2 Å². The molecule has 0 radical (unpaired) electrons. The predicted octanol–water partition coefficient (Wildman–Crippen LogP) is 4.80. The molecule has 2 amide bonds. The van der Waals surface area contributed by atoms with Crippen molar-refractivity contribution in [2.75, 3.05) is 25.0 Å². The lowest BCUT2D eigenvalue weighted by atomic mass is 9.97. The standard InChI is InChI=1S/C23H25N3O/c27-23(25-19-11-2-1-3-12-19)24-17-22(26-15-6-7-16-26)21-14-8-10-18-9-4-5-13-20(18)21/h1-5,8-14,22H,6-7,15-17H2,(H2,24,25,27). The smallest absolute Gasteiger partial charge is 0.319 e. The number of hydrogen-bond acceptors (Lipinski definition) is 2. The Morgan fingerprint density at radius 2 is 1.59 bits per heavy atom. The van der Waals surface area contributed by atoms with Gasteiger partial charge in [-0.1, -0.05) is 60.7 Å². The minimum atomic E-state index is -0.161. The molecule has 1 heterocycles. The summed E-state index contributed by atoms with van der Waals surface area (Å²) in [6.07, 6.45) is 2.44. The number of likely N-dealkylation sites (tertiary alicyclic amines) is 1. The molecule has 3 aromatic carbocycles. The summed E-state index contributed by atoms with van der Waals surface area (Å²) in [5.74, 6) is 0. The SMILES string of the molecule is O=C(NCC(c1cccc2ccccc12)N1CCCC1)Nc1ccccc1. The molecule has 4 heteroatoms. The van der Waals surface area contributed by atoms with Crippen molar-refractivity contribution in [2.45, 2.75) is 18.9 Å². The summed E-state index contributed by atoms with van der Waals surface area (Å²) in [6, 6.07) is 24.5. The van der Waals surface area contributed by atoms with E-state index < -0.39 is 0 Å². The molecule has 1 aliphatic heterocycles. The van der Waals surface area contributed by atoms with Crippen molar-refractivity contribution in [3.63, 3.8) is 0 Å². The van der Waals surface area contributed by atoms with E-state index >= 15 is 0 Å². The molecule has 27 heavy (non-hydrogen) atoms. The lowest BCUT2D eigenvalue weighted by Crippen LogP contribution is -2.38. The molecule has 0 spiro atoms. The summed E-state index contributed by atoms with van der Waals surface area (Å²) in [7, 11) is 0. The number of fused-ring (bicyclic) bond motifs is 1. The molecule has 0 saturated carbocycles. The number of nitrogens with zero attached hydrogens (tertiary/aromatic N) is 1. The number of anilines is 1. The van der Waals surface area contributed by atoms with Crippen molar-refractivity contribution in [3.8, 4) is 0 Å². The molecule has 1 unspecified atom stereocenters. The van der Waals surface area contributed by atoms with Crippen LogP contribution in [0.1, 0.15) is 24.4 Å². The number of para-hydroxylation sites is 1. The largest absolute Gasteiger partial charge is 0.336 e. The van der Waals surface area contributed by atoms with E-state index in [1.54, 1.807) is 0 Å². The number of carbonyl (C=O) groups is 1. The van der Waals surface area contributed by atoms with E-state index in [9.17, 15) is 4.79 Å². The first-order chi connectivity index (χ1) is 13.3. The van der Waals surface area contributed by atoms with Crippen LogP contribution in [-0.2, 0) is 0 Å². The molecule has 0 bridgehead atoms. The zero-order chi connectivity index (χ0) is 18.5. The number of amides is 2. The first-order valence-electron chi connectivity index (χ1n) is 9.63. The summed E-state index contributed by atoms with van der Waals surface area (Å²) in [4.78, 5) is 14.9. The van der Waals surface area contributed by atoms with Gasteiger partial charge in [-0.25, -0.2) is 4.79 Å². The first-order valence-corrected chi connectivity index (χ1v) is 9.63. The van der Waals surface area contributed by atoms with Crippen molar-refractivity contribution in [1.29, 1.82) is 0 Å². The van der Waals surface area contributed by atoms with Gasteiger partial charge in [0.1, 0.15) is 0 Å². The topological polar surface area (TPSA) is 44.4 Å². The fourth-order valence-corrected chi connectivity index (χ4v) is 3.92. The number of urea groups is 1. The highest BCUT2D eigenvalue weighted by atomic mass is 16.2. The van der Waals surface area contributed by atoms with Gasteiger partial charge in [-0.05, 0) is 54.4 Å². The molecule has 0 aromatic heterocycles. The van der Waals surface area contributed by atoms with Crippen LogP contribution in [0.5, 0.6) is 0 Å². The monoisotopic (exact) mass is 359 g/mol. The molecule has 0 aliphatic carbocycles. The van der Waals surface area contributed by atoms with Crippen LogP contribution in [0, 0.1) is 0 Å². The van der Waals surface area contributed by atoms with E-state index in [4.69, 9.17) is 0 Å². The van der Waals surface area contributed by atoms with E-state index in [2.05, 4.69) is 58.0 Å². The maximum Gasteiger partial charge on any atom is 0.319 e. The lowest BCUT2D eigenvalue weighted by Gasteiger charge is -2.29. The van der Waals surface area contributed by atoms with Gasteiger partial charge in [-0.15, -0.1) is 0 Å². The zero-order valence-corrected chi connectivity index (χ0v) is 15.4. The Morgan fingerprint density at radius 3 is 2.41 bits per heavy atom. The van der Waals surface area contributed by atoms with Crippen molar-refractivity contribution in [2.24, 2.45) is 0 Å². The highest BCUT2D eigenvalue weighted by Crippen LogP contribution is 2.30. The van der Waals surface area contributed by atoms with Gasteiger partial charge in [0.2, 0.25) is 0 Å². The number of rotatable bonds is 5. The van der Waals surface area contributed by atoms with Crippen LogP contribution in [0.15, 0.2) is 72.8 Å². The molecular formula is C23H25N3O. The van der Waals surface area contributed by atoms with Crippen LogP contribution in [0.25, 0.3) is 10.8 Å². The Bertz CT molecular complexity index is 898. The fourth-order valence-electron chi connectivity index (χ4n) is 3.92. The van der Waals surface area contributed by atoms with Crippen LogP contribution in [0.4, 0.5) is 10.5 Å². The Kier molecular flexibility index (Phi) is 5.35. The predicted molar refractivity (Wildman–Crippen MR) is 111 cm³/mol. The fraction of sp³-hybridized carbons (Fsp3) is 0.261. The van der Waals surface area contributed by atoms with Crippen molar-refractivity contribution >= 4 is 22.5 Å². The van der Waals surface area contributed by atoms with E-state index in [1.807, 2.05) is 30.3 Å². The molecule has 4 nitrogen and oxygen atoms in total. The zero-order valence-electron chi connectivity index (χ0n) is 15.4. The van der Waals surface area contributed by atoms with Gasteiger partial charge in [0.25, 0.3) is 0 Å². The average Bonchev–Trinajstić information content (AvgIpc) is 3.23. The summed E-state index contributed by atoms with van der Waals surface area (Å²) in [6.45, 7) is 2.75. The third-order valence-electron chi connectivity index (χ3n) is 5.25. The number of nitrogens with one attached hydrogen (secondary N) is 2. The molecule has 138 valence electrons. The highest BCUT2D eigenvalue weighted by molar-refractivity contribution is 5.89. The maximum absolute atomic E-state index is 12.4. The van der Waals surface area contributed by atoms with Crippen LogP contribution in [0.3, 0.4) is 0 Å². The van der Waals surface area contributed by atoms with Gasteiger partial charge in [0, 0.05) is 12.2 Å². The number of hydrogen-bond donors (Lipinski definition) is 2. The summed E-state index contributed by atoms with van der Waals surface area (Å²) in [5, 5.41) is 8.50. The minimum absolute atomic E-state index is 0.161. The third kappa shape index (κ3) is 4.12. The van der Waals surface area contributed by atoms with Crippen LogP contribution in [-0.4, -0.2) is 30.6 Å². The van der Waals surface area contributed by atoms with Crippen LogP contribution in [0.2, 0.25) is 0 Å². The van der Waals surface area contributed by atoms with E-state index in [0.717, 1.165) is 18.8 Å². The van der Waals surface area contributed by atoms with Gasteiger partial charge >= 0.3 is 6.03 Å². The normalized spacial score (nSPS) is 15.6. The van der Waals surface area contributed by atoms with Crippen molar-refractivity contribution in [3.05, 3.63) is 78.4 Å². The molecule has 1 saturated heterocycles. The maximum atomic E-state index is 12.4. The Labute approximate surface area is 160 Å². The molecular weight excluding hydrogens is 334 g/mol. The van der Waals surface area contributed by atoms with Crippen LogP contribution >= 0.6 is 0 Å². The Balaban J connectivity index is 1.54. The summed E-state index contributed by atoms with van der Waals surface area (Å²) < 4.78 is 0. The van der Waals surface area contributed by atoms with E-state index in [0.29, 0.717) is 6.54 Å². The second-order valence-electron chi connectivity index (χ2n) is 7.03. The molecule has 1 aliphatic rings. The summed E-state index contributed by atoms with van der Waals surface area (Å²) in [5.41, 5.74) is 2.09. The molecule has 4 rings (SSSR count). The Morgan fingerprint density at radius 1 is 0.889 bits per heavy atom. The minimum Gasteiger partial charge on any atom is -0.336 e. The van der Waals surface area contributed by atoms with Gasteiger partial charge in [0.05, 0.1) is 6.04 Å². The average molecular weight is 359 g/mol. The number of carbonyl (C=O) groups excluding carboxylic acids is 1. The molecule has 1 atom stereocenters. The van der Waals surface area contributed by atoms with Gasteiger partial charge in [0.15, 0.2) is 0 Å².